The molecule has 0 bridgehead atoms. The molecule has 1 aromatic carbocycles. The Morgan fingerprint density at radius 3 is 2.71 bits per heavy atom. The Labute approximate surface area is 99.6 Å². The van der Waals surface area contributed by atoms with Gasteiger partial charge in [-0.2, -0.15) is 0 Å². The number of nitrogens with one attached hydrogen (secondary N) is 1. The molecule has 1 aromatic rings. The second-order valence-corrected chi connectivity index (χ2v) is 4.53. The van der Waals surface area contributed by atoms with E-state index >= 15 is 0 Å². The molecule has 2 N–H and O–H groups in total. The highest BCUT2D eigenvalue weighted by Crippen LogP contribution is 2.32. The molecule has 1 aliphatic carbocycles. The first-order valence-corrected chi connectivity index (χ1v) is 5.70. The predicted molar refractivity (Wildman–Crippen MR) is 64.1 cm³/mol. The van der Waals surface area contributed by atoms with E-state index in [1.165, 1.54) is 6.07 Å². The van der Waals surface area contributed by atoms with Gasteiger partial charge in [0.25, 0.3) is 0 Å². The van der Waals surface area contributed by atoms with Gasteiger partial charge in [0.05, 0.1) is 5.56 Å². The van der Waals surface area contributed by atoms with Gasteiger partial charge in [0.2, 0.25) is 5.91 Å². The van der Waals surface area contributed by atoms with Crippen LogP contribution in [0.2, 0.25) is 0 Å². The number of carboxylic acid groups (broad SMARTS) is 1. The minimum absolute atomic E-state index is 0.0345. The Balaban J connectivity index is 2.07. The molecule has 0 spiro atoms. The first-order chi connectivity index (χ1) is 8.06. The predicted octanol–water partition coefficient (Wildman–Crippen LogP) is 2.43. The van der Waals surface area contributed by atoms with E-state index in [1.54, 1.807) is 19.1 Å². The lowest BCUT2D eigenvalue weighted by molar-refractivity contribution is -0.116. The van der Waals surface area contributed by atoms with Crippen LogP contribution in [-0.2, 0) is 4.79 Å². The highest BCUT2D eigenvalue weighted by Gasteiger charge is 2.24. The number of carbonyl (C=O) groups is 2. The van der Waals surface area contributed by atoms with Gasteiger partial charge < -0.3 is 10.4 Å². The van der Waals surface area contributed by atoms with Crippen molar-refractivity contribution in [1.29, 1.82) is 0 Å². The lowest BCUT2D eigenvalue weighted by atomic mass is 10.1. The van der Waals surface area contributed by atoms with E-state index in [-0.39, 0.29) is 11.5 Å². The zero-order valence-electron chi connectivity index (χ0n) is 9.69. The van der Waals surface area contributed by atoms with Crippen molar-refractivity contribution in [3.63, 3.8) is 0 Å². The Bertz CT molecular complexity index is 464. The molecule has 0 unspecified atom stereocenters. The maximum Gasteiger partial charge on any atom is 0.336 e. The number of amides is 1. The molecule has 0 atom stereocenters. The average Bonchev–Trinajstić information content (AvgIpc) is 3.04. The van der Waals surface area contributed by atoms with Gasteiger partial charge in [-0.3, -0.25) is 4.79 Å². The van der Waals surface area contributed by atoms with Crippen molar-refractivity contribution in [2.24, 2.45) is 5.92 Å². The third-order valence-electron chi connectivity index (χ3n) is 2.92. The van der Waals surface area contributed by atoms with Crippen LogP contribution in [0.4, 0.5) is 5.69 Å². The number of benzene rings is 1. The van der Waals surface area contributed by atoms with Gasteiger partial charge in [-0.15, -0.1) is 0 Å². The van der Waals surface area contributed by atoms with Crippen LogP contribution in [-0.4, -0.2) is 17.0 Å². The van der Waals surface area contributed by atoms with Crippen molar-refractivity contribution in [1.82, 2.24) is 0 Å². The fourth-order valence-corrected chi connectivity index (χ4v) is 1.73. The number of anilines is 1. The number of aromatic carboxylic acids is 1. The van der Waals surface area contributed by atoms with Gasteiger partial charge in [0.15, 0.2) is 0 Å². The maximum absolute atomic E-state index is 11.6. The van der Waals surface area contributed by atoms with Crippen LogP contribution in [0.1, 0.15) is 35.2 Å². The lowest BCUT2D eigenvalue weighted by Gasteiger charge is -2.07. The molecular weight excluding hydrogens is 218 g/mol. The Morgan fingerprint density at radius 2 is 2.12 bits per heavy atom. The van der Waals surface area contributed by atoms with Gasteiger partial charge in [-0.05, 0) is 43.4 Å². The van der Waals surface area contributed by atoms with Crippen LogP contribution in [0.5, 0.6) is 0 Å². The van der Waals surface area contributed by atoms with Crippen LogP contribution < -0.4 is 5.32 Å². The van der Waals surface area contributed by atoms with Crippen molar-refractivity contribution in [2.75, 3.05) is 5.32 Å². The number of carbonyl (C=O) groups excluding carboxylic acids is 1. The number of hydrogen-bond acceptors (Lipinski definition) is 2. The molecule has 4 heteroatoms. The molecule has 4 nitrogen and oxygen atoms in total. The molecule has 0 aliphatic heterocycles. The summed E-state index contributed by atoms with van der Waals surface area (Å²) in [6, 6.07) is 4.94. The molecule has 0 aromatic heterocycles. The van der Waals surface area contributed by atoms with E-state index in [1.807, 2.05) is 0 Å². The van der Waals surface area contributed by atoms with Crippen LogP contribution >= 0.6 is 0 Å². The molecule has 1 amide bonds. The fourth-order valence-electron chi connectivity index (χ4n) is 1.73. The van der Waals surface area contributed by atoms with Gasteiger partial charge in [0, 0.05) is 12.1 Å². The van der Waals surface area contributed by atoms with E-state index in [2.05, 4.69) is 5.32 Å². The molecule has 90 valence electrons. The summed E-state index contributed by atoms with van der Waals surface area (Å²) < 4.78 is 0. The van der Waals surface area contributed by atoms with Crippen molar-refractivity contribution >= 4 is 17.6 Å². The second-order valence-electron chi connectivity index (χ2n) is 4.53. The summed E-state index contributed by atoms with van der Waals surface area (Å²) in [5, 5.41) is 11.7. The molecule has 1 aliphatic rings. The van der Waals surface area contributed by atoms with Gasteiger partial charge >= 0.3 is 5.97 Å². The molecule has 0 radical (unpaired) electrons. The first kappa shape index (κ1) is 11.6. The summed E-state index contributed by atoms with van der Waals surface area (Å²) in [4.78, 5) is 22.5. The van der Waals surface area contributed by atoms with Crippen LogP contribution in [0.25, 0.3) is 0 Å². The van der Waals surface area contributed by atoms with Crippen molar-refractivity contribution in [3.05, 3.63) is 29.3 Å². The average molecular weight is 233 g/mol. The number of aryl methyl sites for hydroxylation is 1. The van der Waals surface area contributed by atoms with E-state index in [0.29, 0.717) is 23.6 Å². The summed E-state index contributed by atoms with van der Waals surface area (Å²) in [6.07, 6.45) is 2.79. The van der Waals surface area contributed by atoms with E-state index in [4.69, 9.17) is 5.11 Å². The summed E-state index contributed by atoms with van der Waals surface area (Å²) in [7, 11) is 0. The zero-order chi connectivity index (χ0) is 12.4. The van der Waals surface area contributed by atoms with E-state index in [0.717, 1.165) is 12.8 Å². The maximum atomic E-state index is 11.6. The van der Waals surface area contributed by atoms with Crippen LogP contribution in [0, 0.1) is 12.8 Å². The van der Waals surface area contributed by atoms with Gasteiger partial charge in [-0.25, -0.2) is 4.79 Å². The molecule has 1 saturated carbocycles. The molecular formula is C13H15NO3. The van der Waals surface area contributed by atoms with Crippen molar-refractivity contribution < 1.29 is 14.7 Å². The van der Waals surface area contributed by atoms with Crippen molar-refractivity contribution in [3.8, 4) is 0 Å². The highest BCUT2D eigenvalue weighted by atomic mass is 16.4. The summed E-state index contributed by atoms with van der Waals surface area (Å²) in [5.41, 5.74) is 1.48. The minimum Gasteiger partial charge on any atom is -0.478 e. The minimum atomic E-state index is -0.971. The zero-order valence-corrected chi connectivity index (χ0v) is 9.69. The molecule has 17 heavy (non-hydrogen) atoms. The molecule has 2 rings (SSSR count). The highest BCUT2D eigenvalue weighted by molar-refractivity contribution is 5.94. The molecule has 1 fully saturated rings. The van der Waals surface area contributed by atoms with E-state index in [9.17, 15) is 9.59 Å². The normalized spacial score (nSPS) is 14.4. The van der Waals surface area contributed by atoms with Crippen LogP contribution in [0.3, 0.4) is 0 Å². The summed E-state index contributed by atoms with van der Waals surface area (Å²) in [5.74, 6) is -0.479. The smallest absolute Gasteiger partial charge is 0.336 e. The topological polar surface area (TPSA) is 66.4 Å². The summed E-state index contributed by atoms with van der Waals surface area (Å²) >= 11 is 0. The van der Waals surface area contributed by atoms with Crippen molar-refractivity contribution in [2.45, 2.75) is 26.2 Å². The third-order valence-corrected chi connectivity index (χ3v) is 2.92. The number of hydrogen-bond donors (Lipinski definition) is 2. The Hall–Kier alpha value is -1.84. The lowest BCUT2D eigenvalue weighted by Crippen LogP contribution is -2.12. The molecule has 0 heterocycles. The quantitative estimate of drug-likeness (QED) is 0.839. The standard InChI is InChI=1S/C13H15NO3/c1-8-2-5-10(7-11(8)13(16)17)14-12(15)6-9-3-4-9/h2,5,7,9H,3-4,6H2,1H3,(H,14,15)(H,16,17). The third kappa shape index (κ3) is 3.06. The van der Waals surface area contributed by atoms with Gasteiger partial charge in [-0.1, -0.05) is 6.07 Å². The van der Waals surface area contributed by atoms with Crippen LogP contribution in [0.15, 0.2) is 18.2 Å². The monoisotopic (exact) mass is 233 g/mol. The molecule has 0 saturated heterocycles. The largest absolute Gasteiger partial charge is 0.478 e. The Morgan fingerprint density at radius 1 is 1.41 bits per heavy atom. The fraction of sp³-hybridized carbons (Fsp3) is 0.385. The first-order valence-electron chi connectivity index (χ1n) is 5.70. The summed E-state index contributed by atoms with van der Waals surface area (Å²) in [6.45, 7) is 1.74. The van der Waals surface area contributed by atoms with Gasteiger partial charge in [0.1, 0.15) is 0 Å². The number of carboxylic acids is 1. The second kappa shape index (κ2) is 4.57. The van der Waals surface area contributed by atoms with E-state index < -0.39 is 5.97 Å². The Kier molecular flexibility index (Phi) is 3.13. The number of rotatable bonds is 4. The SMILES string of the molecule is Cc1ccc(NC(=O)CC2CC2)cc1C(=O)O.